The molecule has 9 aromatic carbocycles. The molecule has 0 spiro atoms. The molecule has 0 saturated carbocycles. The number of fused-ring (bicyclic) bond motifs is 7. The van der Waals surface area contributed by atoms with Crippen LogP contribution in [0, 0.1) is 0 Å². The average molecular weight is 766 g/mol. The van der Waals surface area contributed by atoms with Crippen molar-refractivity contribution >= 4 is 54.5 Å². The second-order valence-corrected chi connectivity index (χ2v) is 15.3. The van der Waals surface area contributed by atoms with E-state index in [9.17, 15) is 0 Å². The molecule has 4 nitrogen and oxygen atoms in total. The topological polar surface area (TPSA) is 43.9 Å². The second-order valence-electron chi connectivity index (χ2n) is 15.3. The molecule has 280 valence electrons. The highest BCUT2D eigenvalue weighted by Gasteiger charge is 2.20. The van der Waals surface area contributed by atoms with Crippen molar-refractivity contribution in [2.45, 2.75) is 0 Å². The number of para-hydroxylation sites is 2. The molecule has 60 heavy (non-hydrogen) atoms. The van der Waals surface area contributed by atoms with Crippen LogP contribution in [0.3, 0.4) is 0 Å². The van der Waals surface area contributed by atoms with Crippen LogP contribution >= 0.6 is 0 Å². The highest BCUT2D eigenvalue weighted by atomic mass is 16.3. The van der Waals surface area contributed by atoms with Gasteiger partial charge in [0.15, 0.2) is 0 Å². The van der Waals surface area contributed by atoms with Crippen molar-refractivity contribution in [3.63, 3.8) is 0 Å². The predicted molar refractivity (Wildman–Crippen MR) is 248 cm³/mol. The zero-order valence-corrected chi connectivity index (χ0v) is 32.5. The minimum Gasteiger partial charge on any atom is -0.456 e. The summed E-state index contributed by atoms with van der Waals surface area (Å²) in [5.41, 5.74) is 14.6. The van der Waals surface area contributed by atoms with E-state index in [0.29, 0.717) is 5.95 Å². The number of rotatable bonds is 6. The number of aromatic nitrogens is 3. The van der Waals surface area contributed by atoms with E-state index in [-0.39, 0.29) is 0 Å². The molecule has 3 heterocycles. The molecular weight excluding hydrogens is 731 g/mol. The lowest BCUT2D eigenvalue weighted by molar-refractivity contribution is 0.669. The minimum absolute atomic E-state index is 0.621. The minimum atomic E-state index is 0.621. The molecule has 12 rings (SSSR count). The van der Waals surface area contributed by atoms with Gasteiger partial charge in [-0.25, -0.2) is 9.97 Å². The molecule has 0 aliphatic rings. The number of nitrogens with zero attached hydrogens (tertiary/aromatic N) is 3. The first kappa shape index (κ1) is 34.0. The van der Waals surface area contributed by atoms with Crippen LogP contribution < -0.4 is 0 Å². The summed E-state index contributed by atoms with van der Waals surface area (Å²) in [4.78, 5) is 10.7. The third kappa shape index (κ3) is 5.53. The SMILES string of the molecule is c1ccc(-c2cc(-c3cccc(-c4cccc5cccc(-c6ccccc6)c45)c3)nc(-n3c4ccccc4c4cc(-c5cccc6oc7ccccc7c56)ccc43)n2)cc1. The van der Waals surface area contributed by atoms with Gasteiger partial charge >= 0.3 is 0 Å². The Morgan fingerprint density at radius 3 is 1.68 bits per heavy atom. The molecule has 0 amide bonds. The van der Waals surface area contributed by atoms with Gasteiger partial charge in [-0.05, 0) is 86.6 Å². The summed E-state index contributed by atoms with van der Waals surface area (Å²) in [6, 6.07) is 75.0. The van der Waals surface area contributed by atoms with E-state index >= 15 is 0 Å². The van der Waals surface area contributed by atoms with Gasteiger partial charge < -0.3 is 4.42 Å². The predicted octanol–water partition coefficient (Wildman–Crippen LogP) is 15.0. The molecule has 0 saturated heterocycles. The zero-order chi connectivity index (χ0) is 39.6. The van der Waals surface area contributed by atoms with Crippen LogP contribution in [-0.2, 0) is 0 Å². The Labute approximate surface area is 346 Å². The van der Waals surface area contributed by atoms with Crippen molar-refractivity contribution in [1.29, 1.82) is 0 Å². The maximum absolute atomic E-state index is 6.28. The quantitative estimate of drug-likeness (QED) is 0.169. The summed E-state index contributed by atoms with van der Waals surface area (Å²) >= 11 is 0. The number of furan rings is 1. The monoisotopic (exact) mass is 765 g/mol. The van der Waals surface area contributed by atoms with Crippen molar-refractivity contribution in [3.05, 3.63) is 212 Å². The largest absolute Gasteiger partial charge is 0.456 e. The summed E-state index contributed by atoms with van der Waals surface area (Å²) in [5.74, 6) is 0.621. The summed E-state index contributed by atoms with van der Waals surface area (Å²) in [6.07, 6.45) is 0. The van der Waals surface area contributed by atoms with Gasteiger partial charge in [-0.2, -0.15) is 0 Å². The Morgan fingerprint density at radius 2 is 0.883 bits per heavy atom. The van der Waals surface area contributed by atoms with Crippen LogP contribution in [0.2, 0.25) is 0 Å². The van der Waals surface area contributed by atoms with Crippen molar-refractivity contribution < 1.29 is 4.42 Å². The molecule has 0 radical (unpaired) electrons. The number of benzene rings is 9. The Hall–Kier alpha value is -8.08. The maximum Gasteiger partial charge on any atom is 0.235 e. The summed E-state index contributed by atoms with van der Waals surface area (Å²) in [6.45, 7) is 0. The number of hydrogen-bond acceptors (Lipinski definition) is 3. The summed E-state index contributed by atoms with van der Waals surface area (Å²) < 4.78 is 8.50. The van der Waals surface area contributed by atoms with Crippen LogP contribution in [0.25, 0.3) is 116 Å². The molecule has 0 bridgehead atoms. The molecule has 12 aromatic rings. The second kappa shape index (κ2) is 13.8. The lowest BCUT2D eigenvalue weighted by Crippen LogP contribution is -2.04. The van der Waals surface area contributed by atoms with E-state index in [0.717, 1.165) is 82.9 Å². The molecule has 3 aromatic heterocycles. The highest BCUT2D eigenvalue weighted by molar-refractivity contribution is 6.15. The summed E-state index contributed by atoms with van der Waals surface area (Å²) in [7, 11) is 0. The van der Waals surface area contributed by atoms with Gasteiger partial charge in [-0.15, -0.1) is 0 Å². The van der Waals surface area contributed by atoms with Gasteiger partial charge in [-0.1, -0.05) is 170 Å². The normalized spacial score (nSPS) is 11.7. The molecule has 0 atom stereocenters. The lowest BCUT2D eigenvalue weighted by Gasteiger charge is -2.14. The average Bonchev–Trinajstić information content (AvgIpc) is 3.87. The Morgan fingerprint density at radius 1 is 0.333 bits per heavy atom. The van der Waals surface area contributed by atoms with Gasteiger partial charge in [0.2, 0.25) is 5.95 Å². The van der Waals surface area contributed by atoms with Crippen molar-refractivity contribution in [3.8, 4) is 61.8 Å². The van der Waals surface area contributed by atoms with E-state index in [4.69, 9.17) is 14.4 Å². The Kier molecular flexibility index (Phi) is 7.82. The maximum atomic E-state index is 6.28. The third-order valence-corrected chi connectivity index (χ3v) is 11.8. The third-order valence-electron chi connectivity index (χ3n) is 11.8. The molecule has 0 unspecified atom stereocenters. The van der Waals surface area contributed by atoms with Gasteiger partial charge in [-0.3, -0.25) is 4.57 Å². The van der Waals surface area contributed by atoms with Gasteiger partial charge in [0.05, 0.1) is 22.4 Å². The Balaban J connectivity index is 1.05. The van der Waals surface area contributed by atoms with E-state index in [1.54, 1.807) is 0 Å². The van der Waals surface area contributed by atoms with Crippen molar-refractivity contribution in [2.75, 3.05) is 0 Å². The molecule has 0 aliphatic heterocycles. The lowest BCUT2D eigenvalue weighted by atomic mass is 9.91. The van der Waals surface area contributed by atoms with E-state index < -0.39 is 0 Å². The fourth-order valence-electron chi connectivity index (χ4n) is 9.10. The van der Waals surface area contributed by atoms with Crippen LogP contribution in [0.5, 0.6) is 0 Å². The van der Waals surface area contributed by atoms with Crippen LogP contribution in [-0.4, -0.2) is 14.5 Å². The molecule has 0 fully saturated rings. The standard InChI is InChI=1S/C56H35N3O/c1-3-15-36(16-4-1)42-25-12-19-38-20-13-26-43(54(38)42)39-21-11-22-41(33-39)49-35-48(37-17-5-2-6-18-37)57-56(58-49)59-50-28-9-7-23-45(50)47-34-40(31-32-51(47)59)44-27-14-30-53-55(44)46-24-8-10-29-52(46)60-53/h1-35H. The fourth-order valence-corrected chi connectivity index (χ4v) is 9.10. The number of hydrogen-bond donors (Lipinski definition) is 0. The van der Waals surface area contributed by atoms with E-state index in [1.165, 1.54) is 27.5 Å². The van der Waals surface area contributed by atoms with Crippen LogP contribution in [0.1, 0.15) is 0 Å². The zero-order valence-electron chi connectivity index (χ0n) is 32.5. The van der Waals surface area contributed by atoms with Crippen LogP contribution in [0.15, 0.2) is 217 Å². The van der Waals surface area contributed by atoms with Gasteiger partial charge in [0, 0.05) is 32.7 Å². The van der Waals surface area contributed by atoms with E-state index in [2.05, 4.69) is 199 Å². The summed E-state index contributed by atoms with van der Waals surface area (Å²) in [5, 5.41) is 6.96. The highest BCUT2D eigenvalue weighted by Crippen LogP contribution is 2.41. The van der Waals surface area contributed by atoms with Crippen molar-refractivity contribution in [1.82, 2.24) is 14.5 Å². The molecular formula is C56H35N3O. The Bertz CT molecular complexity index is 3600. The fraction of sp³-hybridized carbons (Fsp3) is 0. The first-order valence-corrected chi connectivity index (χ1v) is 20.3. The molecule has 0 N–H and O–H groups in total. The van der Waals surface area contributed by atoms with Gasteiger partial charge in [0.1, 0.15) is 11.2 Å². The van der Waals surface area contributed by atoms with Crippen LogP contribution in [0.4, 0.5) is 0 Å². The molecule has 0 aliphatic carbocycles. The van der Waals surface area contributed by atoms with Gasteiger partial charge in [0.25, 0.3) is 0 Å². The first-order chi connectivity index (χ1) is 29.7. The molecule has 4 heteroatoms. The first-order valence-electron chi connectivity index (χ1n) is 20.3. The van der Waals surface area contributed by atoms with E-state index in [1.807, 2.05) is 18.2 Å². The van der Waals surface area contributed by atoms with Crippen molar-refractivity contribution in [2.24, 2.45) is 0 Å². The smallest absolute Gasteiger partial charge is 0.235 e.